The van der Waals surface area contributed by atoms with E-state index in [0.717, 1.165) is 0 Å². The van der Waals surface area contributed by atoms with Gasteiger partial charge in [0.05, 0.1) is 5.41 Å². The Morgan fingerprint density at radius 2 is 1.82 bits per heavy atom. The fourth-order valence-electron chi connectivity index (χ4n) is 2.08. The summed E-state index contributed by atoms with van der Waals surface area (Å²) in [6, 6.07) is 0.557. The van der Waals surface area contributed by atoms with E-state index in [0.29, 0.717) is 12.5 Å². The lowest BCUT2D eigenvalue weighted by molar-refractivity contribution is -0.147. The van der Waals surface area contributed by atoms with Crippen LogP contribution in [0.25, 0.3) is 0 Å². The van der Waals surface area contributed by atoms with Gasteiger partial charge in [-0.25, -0.2) is 8.78 Å². The Morgan fingerprint density at radius 3 is 2.24 bits per heavy atom. The van der Waals surface area contributed by atoms with Crippen LogP contribution >= 0.6 is 0 Å². The molecule has 0 unspecified atom stereocenters. The van der Waals surface area contributed by atoms with Crippen molar-refractivity contribution in [2.24, 2.45) is 0 Å². The van der Waals surface area contributed by atoms with E-state index in [1.54, 1.807) is 0 Å². The van der Waals surface area contributed by atoms with Crippen LogP contribution in [0.2, 0.25) is 0 Å². The molecule has 0 aliphatic heterocycles. The Kier molecular flexibility index (Phi) is 2.52. The van der Waals surface area contributed by atoms with Gasteiger partial charge in [-0.05, 0) is 18.9 Å². The summed E-state index contributed by atoms with van der Waals surface area (Å²) in [5, 5.41) is 18.5. The van der Waals surface area contributed by atoms with E-state index in [2.05, 4.69) is 0 Å². The molecule has 92 valence electrons. The molecular weight excluding hydrogens is 237 g/mol. The Labute approximate surface area is 94.5 Å². The number of benzene rings is 1. The number of rotatable bonds is 2. The Morgan fingerprint density at radius 1 is 1.24 bits per heavy atom. The first kappa shape index (κ1) is 11.8. The summed E-state index contributed by atoms with van der Waals surface area (Å²) in [4.78, 5) is 11.1. The van der Waals surface area contributed by atoms with Gasteiger partial charge in [0.25, 0.3) is 0 Å². The molecule has 1 aromatic rings. The predicted octanol–water partition coefficient (Wildman–Crippen LogP) is 2.32. The van der Waals surface area contributed by atoms with Crippen LogP contribution in [0.3, 0.4) is 0 Å². The third-order valence-electron chi connectivity index (χ3n) is 3.27. The van der Waals surface area contributed by atoms with Gasteiger partial charge in [-0.1, -0.05) is 6.42 Å². The van der Waals surface area contributed by atoms with Crippen molar-refractivity contribution in [2.45, 2.75) is 24.7 Å². The SMILES string of the molecule is O=C(O)C1(c2cc(F)c(F)c(F)c2O)CCC1. The van der Waals surface area contributed by atoms with Crippen LogP contribution < -0.4 is 0 Å². The molecule has 0 saturated heterocycles. The molecule has 3 nitrogen and oxygen atoms in total. The van der Waals surface area contributed by atoms with Gasteiger partial charge in [-0.3, -0.25) is 4.79 Å². The maximum atomic E-state index is 13.1. The number of phenolic OH excluding ortho intramolecular Hbond substituents is 1. The van der Waals surface area contributed by atoms with Crippen molar-refractivity contribution in [3.63, 3.8) is 0 Å². The van der Waals surface area contributed by atoms with Crippen LogP contribution in [0.1, 0.15) is 24.8 Å². The molecule has 2 N–H and O–H groups in total. The molecule has 0 radical (unpaired) electrons. The van der Waals surface area contributed by atoms with Gasteiger partial charge in [-0.2, -0.15) is 4.39 Å². The number of halogens is 3. The summed E-state index contributed by atoms with van der Waals surface area (Å²) >= 11 is 0. The van der Waals surface area contributed by atoms with Gasteiger partial charge < -0.3 is 10.2 Å². The molecule has 1 aliphatic rings. The van der Waals surface area contributed by atoms with E-state index in [9.17, 15) is 23.1 Å². The molecule has 0 aromatic heterocycles. The number of phenols is 1. The molecule has 1 aromatic carbocycles. The van der Waals surface area contributed by atoms with E-state index in [1.165, 1.54) is 0 Å². The van der Waals surface area contributed by atoms with Crippen molar-refractivity contribution in [3.8, 4) is 5.75 Å². The summed E-state index contributed by atoms with van der Waals surface area (Å²) in [5.74, 6) is -7.43. The van der Waals surface area contributed by atoms with E-state index >= 15 is 0 Å². The monoisotopic (exact) mass is 246 g/mol. The van der Waals surface area contributed by atoms with E-state index in [-0.39, 0.29) is 12.8 Å². The smallest absolute Gasteiger partial charge is 0.314 e. The number of aliphatic carboxylic acids is 1. The minimum atomic E-state index is -1.80. The lowest BCUT2D eigenvalue weighted by Crippen LogP contribution is -2.42. The Hall–Kier alpha value is -1.72. The van der Waals surface area contributed by atoms with Crippen molar-refractivity contribution in [2.75, 3.05) is 0 Å². The van der Waals surface area contributed by atoms with Crippen LogP contribution in [0, 0.1) is 17.5 Å². The minimum Gasteiger partial charge on any atom is -0.505 e. The van der Waals surface area contributed by atoms with Gasteiger partial charge in [0, 0.05) is 5.56 Å². The maximum absolute atomic E-state index is 13.1. The second-order valence-electron chi connectivity index (χ2n) is 4.12. The van der Waals surface area contributed by atoms with Crippen LogP contribution in [0.4, 0.5) is 13.2 Å². The quantitative estimate of drug-likeness (QED) is 0.787. The average Bonchev–Trinajstić information content (AvgIpc) is 2.20. The second kappa shape index (κ2) is 3.65. The highest BCUT2D eigenvalue weighted by molar-refractivity contribution is 5.83. The number of carboxylic acid groups (broad SMARTS) is 1. The third kappa shape index (κ3) is 1.47. The zero-order chi connectivity index (χ0) is 12.8. The number of hydrogen-bond acceptors (Lipinski definition) is 2. The molecule has 1 aliphatic carbocycles. The maximum Gasteiger partial charge on any atom is 0.314 e. The highest BCUT2D eigenvalue weighted by atomic mass is 19.2. The molecule has 0 bridgehead atoms. The zero-order valence-corrected chi connectivity index (χ0v) is 8.64. The summed E-state index contributed by atoms with van der Waals surface area (Å²) in [6.07, 6.45) is 0.910. The van der Waals surface area contributed by atoms with E-state index in [4.69, 9.17) is 5.11 Å². The molecule has 1 fully saturated rings. The van der Waals surface area contributed by atoms with Crippen LogP contribution in [-0.4, -0.2) is 16.2 Å². The van der Waals surface area contributed by atoms with E-state index in [1.807, 2.05) is 0 Å². The van der Waals surface area contributed by atoms with Crippen LogP contribution in [0.5, 0.6) is 5.75 Å². The highest BCUT2D eigenvalue weighted by Gasteiger charge is 2.48. The standard InChI is InChI=1S/C11H9F3O3/c12-6-4-5(9(15)8(14)7(6)13)11(10(16)17)2-1-3-11/h4,15H,1-3H2,(H,16,17). The first-order valence-electron chi connectivity index (χ1n) is 5.00. The van der Waals surface area contributed by atoms with Crippen LogP contribution in [-0.2, 0) is 10.2 Å². The van der Waals surface area contributed by atoms with Gasteiger partial charge in [0.1, 0.15) is 0 Å². The molecule has 0 atom stereocenters. The average molecular weight is 246 g/mol. The number of carboxylic acids is 1. The van der Waals surface area contributed by atoms with Crippen molar-refractivity contribution in [1.82, 2.24) is 0 Å². The normalized spacial score (nSPS) is 17.6. The predicted molar refractivity (Wildman–Crippen MR) is 51.1 cm³/mol. The third-order valence-corrected chi connectivity index (χ3v) is 3.27. The molecule has 0 amide bonds. The van der Waals surface area contributed by atoms with Crippen molar-refractivity contribution >= 4 is 5.97 Å². The van der Waals surface area contributed by atoms with Crippen LogP contribution in [0.15, 0.2) is 6.07 Å². The molecule has 2 rings (SSSR count). The van der Waals surface area contributed by atoms with Gasteiger partial charge in [-0.15, -0.1) is 0 Å². The van der Waals surface area contributed by atoms with Gasteiger partial charge in [0.15, 0.2) is 17.4 Å². The van der Waals surface area contributed by atoms with E-state index < -0.39 is 40.1 Å². The lowest BCUT2D eigenvalue weighted by Gasteiger charge is -2.38. The highest BCUT2D eigenvalue weighted by Crippen LogP contribution is 2.48. The number of hydrogen-bond donors (Lipinski definition) is 2. The Bertz CT molecular complexity index is 495. The lowest BCUT2D eigenvalue weighted by atomic mass is 9.64. The summed E-state index contributed by atoms with van der Waals surface area (Å²) in [5.41, 5.74) is -1.90. The van der Waals surface area contributed by atoms with Gasteiger partial charge >= 0.3 is 5.97 Å². The first-order valence-corrected chi connectivity index (χ1v) is 5.00. The Balaban J connectivity index is 2.64. The molecule has 0 spiro atoms. The van der Waals surface area contributed by atoms with Crippen molar-refractivity contribution < 1.29 is 28.2 Å². The molecule has 1 saturated carbocycles. The fourth-order valence-corrected chi connectivity index (χ4v) is 2.08. The topological polar surface area (TPSA) is 57.5 Å². The molecular formula is C11H9F3O3. The summed E-state index contributed by atoms with van der Waals surface area (Å²) in [7, 11) is 0. The van der Waals surface area contributed by atoms with Crippen molar-refractivity contribution in [1.29, 1.82) is 0 Å². The number of carbonyl (C=O) groups is 1. The minimum absolute atomic E-state index is 0.167. The van der Waals surface area contributed by atoms with Gasteiger partial charge in [0.2, 0.25) is 5.82 Å². The summed E-state index contributed by atoms with van der Waals surface area (Å²) in [6.45, 7) is 0. The first-order chi connectivity index (χ1) is 7.90. The largest absolute Gasteiger partial charge is 0.505 e. The second-order valence-corrected chi connectivity index (χ2v) is 4.12. The summed E-state index contributed by atoms with van der Waals surface area (Å²) < 4.78 is 39.0. The fraction of sp³-hybridized carbons (Fsp3) is 0.364. The molecule has 6 heteroatoms. The molecule has 0 heterocycles. The van der Waals surface area contributed by atoms with Crippen molar-refractivity contribution in [3.05, 3.63) is 29.1 Å². The number of aromatic hydroxyl groups is 1. The molecule has 17 heavy (non-hydrogen) atoms. The zero-order valence-electron chi connectivity index (χ0n) is 8.64.